The quantitative estimate of drug-likeness (QED) is 0.388. The van der Waals surface area contributed by atoms with Crippen molar-refractivity contribution in [1.82, 2.24) is 9.88 Å². The topological polar surface area (TPSA) is 47.7 Å². The summed E-state index contributed by atoms with van der Waals surface area (Å²) in [5.41, 5.74) is 2.89. The number of fused-ring (bicyclic) bond motifs is 4. The van der Waals surface area contributed by atoms with E-state index in [9.17, 15) is 0 Å². The number of aromatic nitrogens is 1. The van der Waals surface area contributed by atoms with Gasteiger partial charge in [0.25, 0.3) is 0 Å². The maximum atomic E-state index is 6.26. The van der Waals surface area contributed by atoms with Gasteiger partial charge in [0.1, 0.15) is 11.1 Å². The number of ether oxygens (including phenoxy) is 2. The summed E-state index contributed by atoms with van der Waals surface area (Å²) in [5, 5.41) is 3.03. The molecular formula is C22H20Cl2N2O3. The smallest absolute Gasteiger partial charge is 0.196 e. The summed E-state index contributed by atoms with van der Waals surface area (Å²) in [7, 11) is 0. The second-order valence-electron chi connectivity index (χ2n) is 7.18. The average Bonchev–Trinajstić information content (AvgIpc) is 3.08. The predicted octanol–water partition coefficient (Wildman–Crippen LogP) is 5.54. The molecule has 2 aromatic heterocycles. The minimum Gasteiger partial charge on any atom is -0.489 e. The molecule has 0 atom stereocenters. The molecule has 0 N–H and O–H groups in total. The molecule has 1 aliphatic heterocycles. The Morgan fingerprint density at radius 1 is 1.00 bits per heavy atom. The lowest BCUT2D eigenvalue weighted by Gasteiger charge is -2.26. The molecule has 4 aromatic rings. The van der Waals surface area contributed by atoms with Crippen molar-refractivity contribution in [2.45, 2.75) is 6.42 Å². The first-order valence-corrected chi connectivity index (χ1v) is 10.5. The Hall–Kier alpha value is -2.05. The van der Waals surface area contributed by atoms with E-state index in [-0.39, 0.29) is 0 Å². The number of hydrogen-bond donors (Lipinski definition) is 0. The molecule has 0 aliphatic carbocycles. The highest BCUT2D eigenvalue weighted by atomic mass is 35.5. The van der Waals surface area contributed by atoms with Gasteiger partial charge in [-0.3, -0.25) is 4.90 Å². The summed E-state index contributed by atoms with van der Waals surface area (Å²) in [6.45, 7) is 5.14. The van der Waals surface area contributed by atoms with Crippen molar-refractivity contribution in [1.29, 1.82) is 0 Å². The van der Waals surface area contributed by atoms with Crippen LogP contribution in [0.5, 0.6) is 5.75 Å². The van der Waals surface area contributed by atoms with Gasteiger partial charge in [0.2, 0.25) is 0 Å². The van der Waals surface area contributed by atoms with Gasteiger partial charge in [0.15, 0.2) is 11.3 Å². The first-order valence-electron chi connectivity index (χ1n) is 9.73. The highest BCUT2D eigenvalue weighted by Crippen LogP contribution is 2.39. The van der Waals surface area contributed by atoms with Crippen LogP contribution < -0.4 is 4.74 Å². The third-order valence-corrected chi connectivity index (χ3v) is 5.71. The third-order valence-electron chi connectivity index (χ3n) is 5.24. The van der Waals surface area contributed by atoms with E-state index in [1.54, 1.807) is 0 Å². The van der Waals surface area contributed by atoms with Crippen LogP contribution in [0.1, 0.15) is 6.42 Å². The van der Waals surface area contributed by atoms with Crippen LogP contribution in [-0.2, 0) is 4.74 Å². The van der Waals surface area contributed by atoms with E-state index in [2.05, 4.69) is 4.90 Å². The van der Waals surface area contributed by atoms with Crippen LogP contribution in [-0.4, -0.2) is 49.3 Å². The molecule has 0 unspecified atom stereocenters. The molecular weight excluding hydrogens is 411 g/mol. The van der Waals surface area contributed by atoms with Gasteiger partial charge in [-0.1, -0.05) is 23.2 Å². The largest absolute Gasteiger partial charge is 0.489 e. The number of pyridine rings is 1. The molecule has 1 aliphatic rings. The van der Waals surface area contributed by atoms with Gasteiger partial charge in [-0.15, -0.1) is 0 Å². The van der Waals surface area contributed by atoms with Crippen molar-refractivity contribution in [3.63, 3.8) is 0 Å². The van der Waals surface area contributed by atoms with Crippen molar-refractivity contribution in [2.75, 3.05) is 39.5 Å². The second kappa shape index (κ2) is 8.00. The zero-order valence-corrected chi connectivity index (χ0v) is 17.3. The molecule has 29 heavy (non-hydrogen) atoms. The number of halogens is 2. The fourth-order valence-corrected chi connectivity index (χ4v) is 4.12. The summed E-state index contributed by atoms with van der Waals surface area (Å²) >= 11 is 12.4. The molecule has 0 bridgehead atoms. The summed E-state index contributed by atoms with van der Waals surface area (Å²) in [5.74, 6) is 0.705. The minimum absolute atomic E-state index is 0.589. The molecule has 150 valence electrons. The van der Waals surface area contributed by atoms with Gasteiger partial charge in [-0.2, -0.15) is 0 Å². The maximum Gasteiger partial charge on any atom is 0.196 e. The molecule has 5 rings (SSSR count). The highest BCUT2D eigenvalue weighted by Gasteiger charge is 2.18. The number of benzene rings is 2. The Bertz CT molecular complexity index is 1190. The molecule has 5 nitrogen and oxygen atoms in total. The van der Waals surface area contributed by atoms with Gasteiger partial charge in [-0.05, 0) is 42.8 Å². The lowest BCUT2D eigenvalue weighted by atomic mass is 10.1. The SMILES string of the molecule is Clc1ccc2c(OCCCN3CCOCC3)c3oc4ccc(Cl)cc4c3nc2c1. The van der Waals surface area contributed by atoms with E-state index >= 15 is 0 Å². The summed E-state index contributed by atoms with van der Waals surface area (Å²) < 4.78 is 17.8. The van der Waals surface area contributed by atoms with Crippen LogP contribution in [0.2, 0.25) is 10.0 Å². The summed E-state index contributed by atoms with van der Waals surface area (Å²) in [6, 6.07) is 11.2. The molecule has 0 radical (unpaired) electrons. The van der Waals surface area contributed by atoms with Crippen molar-refractivity contribution in [3.8, 4) is 5.75 Å². The Morgan fingerprint density at radius 3 is 2.66 bits per heavy atom. The van der Waals surface area contributed by atoms with E-state index in [0.29, 0.717) is 28.0 Å². The molecule has 0 amide bonds. The molecule has 2 aromatic carbocycles. The Labute approximate surface area is 178 Å². The minimum atomic E-state index is 0.589. The van der Waals surface area contributed by atoms with Gasteiger partial charge in [-0.25, -0.2) is 4.98 Å². The average molecular weight is 431 g/mol. The third kappa shape index (κ3) is 3.76. The number of morpholine rings is 1. The van der Waals surface area contributed by atoms with Crippen LogP contribution in [0.15, 0.2) is 40.8 Å². The molecule has 0 spiro atoms. The first-order chi connectivity index (χ1) is 14.2. The van der Waals surface area contributed by atoms with Crippen LogP contribution in [0.4, 0.5) is 0 Å². The monoisotopic (exact) mass is 430 g/mol. The Morgan fingerprint density at radius 2 is 1.79 bits per heavy atom. The van der Waals surface area contributed by atoms with E-state index in [4.69, 9.17) is 42.1 Å². The first kappa shape index (κ1) is 18.9. The molecule has 7 heteroatoms. The fourth-order valence-electron chi connectivity index (χ4n) is 3.78. The van der Waals surface area contributed by atoms with Gasteiger partial charge < -0.3 is 13.9 Å². The number of furan rings is 1. The Kier molecular flexibility index (Phi) is 5.22. The molecule has 0 saturated carbocycles. The summed E-state index contributed by atoms with van der Waals surface area (Å²) in [6.07, 6.45) is 0.922. The normalized spacial score (nSPS) is 15.5. The number of nitrogens with zero attached hydrogens (tertiary/aromatic N) is 2. The van der Waals surface area contributed by atoms with Crippen molar-refractivity contribution in [3.05, 3.63) is 46.4 Å². The number of rotatable bonds is 5. The Balaban J connectivity index is 1.51. The van der Waals surface area contributed by atoms with Crippen molar-refractivity contribution < 1.29 is 13.9 Å². The van der Waals surface area contributed by atoms with Gasteiger partial charge in [0.05, 0.1) is 25.3 Å². The van der Waals surface area contributed by atoms with Crippen LogP contribution >= 0.6 is 23.2 Å². The van der Waals surface area contributed by atoms with E-state index in [1.807, 2.05) is 36.4 Å². The lowest BCUT2D eigenvalue weighted by Crippen LogP contribution is -2.37. The van der Waals surface area contributed by atoms with Gasteiger partial charge >= 0.3 is 0 Å². The van der Waals surface area contributed by atoms with Gasteiger partial charge in [0, 0.05) is 40.5 Å². The second-order valence-corrected chi connectivity index (χ2v) is 8.05. The maximum absolute atomic E-state index is 6.26. The van der Waals surface area contributed by atoms with Crippen LogP contribution in [0, 0.1) is 0 Å². The molecule has 3 heterocycles. The fraction of sp³-hybridized carbons (Fsp3) is 0.318. The van der Waals surface area contributed by atoms with Crippen LogP contribution in [0.3, 0.4) is 0 Å². The van der Waals surface area contributed by atoms with Crippen LogP contribution in [0.25, 0.3) is 33.0 Å². The highest BCUT2D eigenvalue weighted by molar-refractivity contribution is 6.32. The molecule has 1 saturated heterocycles. The summed E-state index contributed by atoms with van der Waals surface area (Å²) in [4.78, 5) is 7.19. The van der Waals surface area contributed by atoms with E-state index < -0.39 is 0 Å². The zero-order chi connectivity index (χ0) is 19.8. The van der Waals surface area contributed by atoms with Crippen molar-refractivity contribution in [2.24, 2.45) is 0 Å². The zero-order valence-electron chi connectivity index (χ0n) is 15.8. The molecule has 1 fully saturated rings. The van der Waals surface area contributed by atoms with E-state index in [0.717, 1.165) is 66.7 Å². The van der Waals surface area contributed by atoms with Crippen molar-refractivity contribution >= 4 is 56.2 Å². The van der Waals surface area contributed by atoms with E-state index in [1.165, 1.54) is 0 Å². The standard InChI is InChI=1S/C22H20Cl2N2O3/c23-14-3-5-19-17(12-14)20-22(29-19)21(16-4-2-15(24)13-18(16)25-20)28-9-1-6-26-7-10-27-11-8-26/h2-5,12-13H,1,6-11H2. The lowest BCUT2D eigenvalue weighted by molar-refractivity contribution is 0.0358. The predicted molar refractivity (Wildman–Crippen MR) is 116 cm³/mol. The number of hydrogen-bond acceptors (Lipinski definition) is 5.